The Kier molecular flexibility index (Phi) is 10.1. The maximum Gasteiger partial charge on any atom is 0.201 e. The normalized spacial score (nSPS) is 17.4. The van der Waals surface area contributed by atoms with Gasteiger partial charge >= 0.3 is 0 Å². The van der Waals surface area contributed by atoms with E-state index in [1.54, 1.807) is 36.4 Å². The molecule has 1 fully saturated rings. The molecule has 2 nitrogen and oxygen atoms in total. The third-order valence-corrected chi connectivity index (χ3v) is 7.35. The summed E-state index contributed by atoms with van der Waals surface area (Å²) in [4.78, 5) is 0. The fraction of sp³-hybridized carbons (Fsp3) is 0.394. The molecule has 0 bridgehead atoms. The summed E-state index contributed by atoms with van der Waals surface area (Å²) < 4.78 is 55.9. The largest absolute Gasteiger partial charge is 0.490 e. The van der Waals surface area contributed by atoms with Crippen LogP contribution < -0.4 is 4.74 Å². The van der Waals surface area contributed by atoms with Crippen molar-refractivity contribution in [1.29, 1.82) is 0 Å². The van der Waals surface area contributed by atoms with Gasteiger partial charge in [0.05, 0.1) is 19.3 Å². The number of unbranched alkanes of at least 4 members (excludes halogenated alkanes) is 5. The fourth-order valence-corrected chi connectivity index (χ4v) is 5.00. The predicted molar refractivity (Wildman–Crippen MR) is 148 cm³/mol. The molecule has 3 aromatic carbocycles. The molecule has 1 aliphatic rings. The van der Waals surface area contributed by atoms with Crippen LogP contribution in [-0.4, -0.2) is 19.3 Å². The van der Waals surface area contributed by atoms with Crippen LogP contribution in [0.3, 0.4) is 0 Å². The quantitative estimate of drug-likeness (QED) is 0.174. The van der Waals surface area contributed by atoms with Crippen molar-refractivity contribution in [2.24, 2.45) is 0 Å². The van der Waals surface area contributed by atoms with Crippen molar-refractivity contribution >= 4 is 0 Å². The van der Waals surface area contributed by atoms with Gasteiger partial charge < -0.3 is 9.47 Å². The smallest absolute Gasteiger partial charge is 0.201 e. The molecule has 0 spiro atoms. The molecule has 4 rings (SSSR count). The number of benzene rings is 3. The third kappa shape index (κ3) is 6.87. The van der Waals surface area contributed by atoms with Gasteiger partial charge in [-0.2, -0.15) is 4.39 Å². The van der Waals surface area contributed by atoms with Crippen molar-refractivity contribution in [1.82, 2.24) is 0 Å². The number of hydrogen-bond donors (Lipinski definition) is 0. The summed E-state index contributed by atoms with van der Waals surface area (Å²) in [5.41, 5.74) is 2.71. The van der Waals surface area contributed by atoms with Crippen LogP contribution in [0.1, 0.15) is 69.8 Å². The minimum Gasteiger partial charge on any atom is -0.490 e. The Morgan fingerprint density at radius 2 is 1.53 bits per heavy atom. The summed E-state index contributed by atoms with van der Waals surface area (Å²) in [5, 5.41) is 0. The molecule has 2 atom stereocenters. The summed E-state index contributed by atoms with van der Waals surface area (Å²) in [6.45, 7) is 6.86. The van der Waals surface area contributed by atoms with E-state index in [1.807, 2.05) is 12.1 Å². The summed E-state index contributed by atoms with van der Waals surface area (Å²) >= 11 is 0. The van der Waals surface area contributed by atoms with Gasteiger partial charge in [-0.25, -0.2) is 8.78 Å². The van der Waals surface area contributed by atoms with Crippen molar-refractivity contribution in [3.8, 4) is 28.0 Å². The van der Waals surface area contributed by atoms with Crippen LogP contribution in [0.25, 0.3) is 22.3 Å². The molecule has 202 valence electrons. The standard InChI is InChI=1S/C33H37F3O2/c1-3-5-6-7-8-9-20-37-31-19-18-29(32(35)33(31)36)24-12-10-23(11-13-24)28-17-15-25(21-30(28)34)26-14-16-27(4-2)38-22-26/h4,10-13,15,17-19,21,26-27H,2-3,5-9,14,16,20,22H2,1H3. The maximum absolute atomic E-state index is 15.0. The van der Waals surface area contributed by atoms with Gasteiger partial charge in [0.1, 0.15) is 5.82 Å². The molecular weight excluding hydrogens is 485 g/mol. The van der Waals surface area contributed by atoms with Gasteiger partial charge in [-0.3, -0.25) is 0 Å². The summed E-state index contributed by atoms with van der Waals surface area (Å²) in [7, 11) is 0. The highest BCUT2D eigenvalue weighted by Crippen LogP contribution is 2.34. The zero-order valence-electron chi connectivity index (χ0n) is 22.2. The molecule has 0 aromatic heterocycles. The number of rotatable bonds is 12. The molecule has 1 heterocycles. The molecular formula is C33H37F3O2. The van der Waals surface area contributed by atoms with Gasteiger partial charge in [-0.1, -0.05) is 81.5 Å². The van der Waals surface area contributed by atoms with Gasteiger partial charge in [0.25, 0.3) is 0 Å². The topological polar surface area (TPSA) is 18.5 Å². The Morgan fingerprint density at radius 3 is 2.18 bits per heavy atom. The first-order chi connectivity index (χ1) is 18.5. The molecule has 3 aromatic rings. The van der Waals surface area contributed by atoms with E-state index >= 15 is 4.39 Å². The average Bonchev–Trinajstić information content (AvgIpc) is 2.95. The lowest BCUT2D eigenvalue weighted by Gasteiger charge is -2.27. The Labute approximate surface area is 224 Å². The van der Waals surface area contributed by atoms with Crippen LogP contribution in [-0.2, 0) is 4.74 Å². The number of hydrogen-bond acceptors (Lipinski definition) is 2. The molecule has 0 aliphatic carbocycles. The van der Waals surface area contributed by atoms with Gasteiger partial charge in [0.2, 0.25) is 5.82 Å². The molecule has 0 amide bonds. The highest BCUT2D eigenvalue weighted by atomic mass is 19.2. The second-order valence-corrected chi connectivity index (χ2v) is 10.1. The van der Waals surface area contributed by atoms with Gasteiger partial charge in [-0.15, -0.1) is 6.58 Å². The molecule has 1 saturated heterocycles. The SMILES string of the molecule is C=CC1CCC(c2ccc(-c3ccc(-c4ccc(OCCCCCCCC)c(F)c4F)cc3)c(F)c2)CO1. The Balaban J connectivity index is 1.39. The zero-order valence-corrected chi connectivity index (χ0v) is 22.2. The third-order valence-electron chi connectivity index (χ3n) is 7.35. The lowest BCUT2D eigenvalue weighted by molar-refractivity contribution is 0.0328. The molecule has 0 N–H and O–H groups in total. The van der Waals surface area contributed by atoms with Crippen molar-refractivity contribution in [3.05, 3.63) is 90.3 Å². The first-order valence-electron chi connectivity index (χ1n) is 13.8. The zero-order chi connectivity index (χ0) is 26.9. The lowest BCUT2D eigenvalue weighted by Crippen LogP contribution is -2.23. The van der Waals surface area contributed by atoms with E-state index in [0.29, 0.717) is 29.9 Å². The Morgan fingerprint density at radius 1 is 0.842 bits per heavy atom. The van der Waals surface area contributed by atoms with Crippen molar-refractivity contribution in [3.63, 3.8) is 0 Å². The summed E-state index contributed by atoms with van der Waals surface area (Å²) in [6, 6.07) is 15.1. The van der Waals surface area contributed by atoms with Crippen LogP contribution in [0, 0.1) is 17.5 Å². The van der Waals surface area contributed by atoms with Crippen LogP contribution >= 0.6 is 0 Å². The van der Waals surface area contributed by atoms with E-state index in [2.05, 4.69) is 13.5 Å². The number of ether oxygens (including phenoxy) is 2. The fourth-order valence-electron chi connectivity index (χ4n) is 5.00. The van der Waals surface area contributed by atoms with E-state index in [0.717, 1.165) is 37.7 Å². The highest BCUT2D eigenvalue weighted by molar-refractivity contribution is 5.71. The van der Waals surface area contributed by atoms with Gasteiger partial charge in [0.15, 0.2) is 11.6 Å². The molecule has 2 unspecified atom stereocenters. The molecule has 38 heavy (non-hydrogen) atoms. The highest BCUT2D eigenvalue weighted by Gasteiger charge is 2.22. The summed E-state index contributed by atoms with van der Waals surface area (Å²) in [6.07, 6.45) is 10.2. The van der Waals surface area contributed by atoms with Crippen molar-refractivity contribution in [2.45, 2.75) is 70.3 Å². The first kappa shape index (κ1) is 28.0. The summed E-state index contributed by atoms with van der Waals surface area (Å²) in [5.74, 6) is -2.15. The monoisotopic (exact) mass is 522 g/mol. The minimum absolute atomic E-state index is 0.0676. The van der Waals surface area contributed by atoms with Crippen LogP contribution in [0.15, 0.2) is 67.3 Å². The van der Waals surface area contributed by atoms with Crippen LogP contribution in [0.4, 0.5) is 13.2 Å². The second-order valence-electron chi connectivity index (χ2n) is 10.1. The maximum atomic E-state index is 15.0. The lowest BCUT2D eigenvalue weighted by atomic mass is 9.90. The number of halogens is 3. The van der Waals surface area contributed by atoms with E-state index in [1.165, 1.54) is 31.4 Å². The molecule has 1 aliphatic heterocycles. The van der Waals surface area contributed by atoms with E-state index in [9.17, 15) is 8.78 Å². The van der Waals surface area contributed by atoms with E-state index in [-0.39, 0.29) is 29.2 Å². The molecule has 5 heteroatoms. The van der Waals surface area contributed by atoms with Crippen LogP contribution in [0.2, 0.25) is 0 Å². The molecule has 0 saturated carbocycles. The Bertz CT molecular complexity index is 1200. The minimum atomic E-state index is -0.981. The average molecular weight is 523 g/mol. The van der Waals surface area contributed by atoms with Crippen molar-refractivity contribution in [2.75, 3.05) is 13.2 Å². The van der Waals surface area contributed by atoms with Gasteiger partial charge in [0, 0.05) is 17.0 Å². The van der Waals surface area contributed by atoms with Gasteiger partial charge in [-0.05, 0) is 54.2 Å². The van der Waals surface area contributed by atoms with Crippen LogP contribution in [0.5, 0.6) is 5.75 Å². The van der Waals surface area contributed by atoms with E-state index in [4.69, 9.17) is 9.47 Å². The predicted octanol–water partition coefficient (Wildman–Crippen LogP) is 9.63. The first-order valence-corrected chi connectivity index (χ1v) is 13.8. The second kappa shape index (κ2) is 13.7. The molecule has 0 radical (unpaired) electrons. The Hall–Kier alpha value is -3.05. The van der Waals surface area contributed by atoms with Crippen molar-refractivity contribution < 1.29 is 22.6 Å². The van der Waals surface area contributed by atoms with E-state index < -0.39 is 11.6 Å².